The fraction of sp³-hybridized carbons (Fsp3) is 0.750. The summed E-state index contributed by atoms with van der Waals surface area (Å²) in [5.41, 5.74) is 0. The van der Waals surface area contributed by atoms with Crippen LogP contribution >= 0.6 is 11.3 Å². The Kier molecular flexibility index (Phi) is 2.96. The number of nitrogens with zero attached hydrogens (tertiary/aromatic N) is 2. The molecule has 2 bridgehead atoms. The van der Waals surface area contributed by atoms with Crippen LogP contribution in [-0.4, -0.2) is 35.6 Å². The van der Waals surface area contributed by atoms with Crippen LogP contribution in [0.15, 0.2) is 6.20 Å². The number of nitrogens with one attached hydrogen (secondary N) is 1. The fourth-order valence-electron chi connectivity index (χ4n) is 2.92. The van der Waals surface area contributed by atoms with Crippen LogP contribution in [0.4, 0.5) is 0 Å². The van der Waals surface area contributed by atoms with Crippen LogP contribution in [0.2, 0.25) is 0 Å². The minimum atomic E-state index is 0.713. The SMILES string of the molecule is Cc1ncc(CNC2CN3CCC2CC3)s1. The monoisotopic (exact) mass is 237 g/mol. The topological polar surface area (TPSA) is 28.2 Å². The normalized spacial score (nSPS) is 33.2. The number of rotatable bonds is 3. The quantitative estimate of drug-likeness (QED) is 0.866. The van der Waals surface area contributed by atoms with Gasteiger partial charge in [0.2, 0.25) is 0 Å². The van der Waals surface area contributed by atoms with Gasteiger partial charge in [-0.3, -0.25) is 0 Å². The summed E-state index contributed by atoms with van der Waals surface area (Å²) in [5, 5.41) is 4.88. The van der Waals surface area contributed by atoms with Gasteiger partial charge in [0, 0.05) is 30.2 Å². The maximum absolute atomic E-state index is 4.30. The lowest BCUT2D eigenvalue weighted by molar-refractivity contribution is 0.0721. The minimum Gasteiger partial charge on any atom is -0.307 e. The lowest BCUT2D eigenvalue weighted by Crippen LogP contribution is -2.55. The van der Waals surface area contributed by atoms with E-state index in [1.807, 2.05) is 17.5 Å². The lowest BCUT2D eigenvalue weighted by Gasteiger charge is -2.45. The predicted octanol–water partition coefficient (Wildman–Crippen LogP) is 1.64. The number of thiazole rings is 1. The number of aryl methyl sites for hydroxylation is 1. The van der Waals surface area contributed by atoms with Crippen molar-refractivity contribution in [3.63, 3.8) is 0 Å². The Morgan fingerprint density at radius 2 is 2.31 bits per heavy atom. The first-order valence-corrected chi connectivity index (χ1v) is 7.00. The summed E-state index contributed by atoms with van der Waals surface area (Å²) in [6.07, 6.45) is 4.78. The summed E-state index contributed by atoms with van der Waals surface area (Å²) < 4.78 is 0. The van der Waals surface area contributed by atoms with Crippen molar-refractivity contribution in [3.8, 4) is 0 Å². The lowest BCUT2D eigenvalue weighted by atomic mass is 9.84. The molecule has 16 heavy (non-hydrogen) atoms. The Bertz CT molecular complexity index is 355. The number of hydrogen-bond donors (Lipinski definition) is 1. The molecule has 3 aliphatic rings. The van der Waals surface area contributed by atoms with Crippen molar-refractivity contribution in [2.24, 2.45) is 5.92 Å². The van der Waals surface area contributed by atoms with E-state index >= 15 is 0 Å². The van der Waals surface area contributed by atoms with Gasteiger partial charge >= 0.3 is 0 Å². The molecule has 1 aromatic rings. The summed E-state index contributed by atoms with van der Waals surface area (Å²) in [7, 11) is 0. The van der Waals surface area contributed by atoms with E-state index in [4.69, 9.17) is 0 Å². The Hall–Kier alpha value is -0.450. The van der Waals surface area contributed by atoms with Gasteiger partial charge in [0.15, 0.2) is 0 Å². The van der Waals surface area contributed by atoms with Crippen molar-refractivity contribution < 1.29 is 0 Å². The van der Waals surface area contributed by atoms with Crippen LogP contribution < -0.4 is 5.32 Å². The molecule has 1 atom stereocenters. The molecule has 0 spiro atoms. The Balaban J connectivity index is 1.55. The summed E-state index contributed by atoms with van der Waals surface area (Å²) in [6.45, 7) is 6.97. The molecule has 0 aromatic carbocycles. The van der Waals surface area contributed by atoms with Crippen LogP contribution in [0.1, 0.15) is 22.7 Å². The summed E-state index contributed by atoms with van der Waals surface area (Å²) in [6, 6.07) is 0.713. The highest BCUT2D eigenvalue weighted by Crippen LogP contribution is 2.27. The Morgan fingerprint density at radius 1 is 1.50 bits per heavy atom. The second kappa shape index (κ2) is 4.43. The third-order valence-electron chi connectivity index (χ3n) is 3.86. The van der Waals surface area contributed by atoms with E-state index in [0.29, 0.717) is 6.04 Å². The van der Waals surface area contributed by atoms with Crippen molar-refractivity contribution in [3.05, 3.63) is 16.1 Å². The van der Waals surface area contributed by atoms with Gasteiger partial charge in [0.25, 0.3) is 0 Å². The first-order chi connectivity index (χ1) is 7.81. The van der Waals surface area contributed by atoms with E-state index in [0.717, 1.165) is 12.5 Å². The summed E-state index contributed by atoms with van der Waals surface area (Å²) in [4.78, 5) is 8.26. The van der Waals surface area contributed by atoms with Gasteiger partial charge in [-0.15, -0.1) is 11.3 Å². The molecule has 4 heteroatoms. The largest absolute Gasteiger partial charge is 0.307 e. The van der Waals surface area contributed by atoms with E-state index in [-0.39, 0.29) is 0 Å². The second-order valence-corrected chi connectivity index (χ2v) is 6.29. The number of hydrogen-bond acceptors (Lipinski definition) is 4. The molecule has 4 heterocycles. The maximum Gasteiger partial charge on any atom is 0.0897 e. The van der Waals surface area contributed by atoms with Crippen LogP contribution in [0.5, 0.6) is 0 Å². The van der Waals surface area contributed by atoms with Crippen molar-refractivity contribution in [1.29, 1.82) is 0 Å². The zero-order valence-corrected chi connectivity index (χ0v) is 10.6. The molecule has 1 aromatic heterocycles. The molecule has 4 rings (SSSR count). The highest BCUT2D eigenvalue weighted by Gasteiger charge is 2.33. The molecule has 3 saturated heterocycles. The first kappa shape index (κ1) is 10.7. The van der Waals surface area contributed by atoms with Gasteiger partial charge in [-0.2, -0.15) is 0 Å². The second-order valence-electron chi connectivity index (χ2n) is 4.97. The Morgan fingerprint density at radius 3 is 2.88 bits per heavy atom. The van der Waals surface area contributed by atoms with Crippen LogP contribution in [0, 0.1) is 12.8 Å². The van der Waals surface area contributed by atoms with Gasteiger partial charge in [-0.1, -0.05) is 0 Å². The molecular weight excluding hydrogens is 218 g/mol. The molecule has 0 saturated carbocycles. The average molecular weight is 237 g/mol. The molecule has 1 unspecified atom stereocenters. The number of aromatic nitrogens is 1. The van der Waals surface area contributed by atoms with Gasteiger partial charge in [0.05, 0.1) is 5.01 Å². The Labute approximate surface area is 101 Å². The van der Waals surface area contributed by atoms with E-state index < -0.39 is 0 Å². The van der Waals surface area contributed by atoms with E-state index in [2.05, 4.69) is 22.1 Å². The van der Waals surface area contributed by atoms with Crippen LogP contribution in [0.25, 0.3) is 0 Å². The first-order valence-electron chi connectivity index (χ1n) is 6.18. The van der Waals surface area contributed by atoms with Gasteiger partial charge in [0.1, 0.15) is 0 Å². The molecule has 0 aliphatic carbocycles. The van der Waals surface area contributed by atoms with Gasteiger partial charge in [-0.25, -0.2) is 4.98 Å². The molecule has 3 aliphatic heterocycles. The van der Waals surface area contributed by atoms with E-state index in [1.165, 1.54) is 42.4 Å². The van der Waals surface area contributed by atoms with E-state index in [1.54, 1.807) is 0 Å². The van der Waals surface area contributed by atoms with Crippen molar-refractivity contribution in [1.82, 2.24) is 15.2 Å². The van der Waals surface area contributed by atoms with Crippen molar-refractivity contribution >= 4 is 11.3 Å². The highest BCUT2D eigenvalue weighted by atomic mass is 32.1. The molecule has 88 valence electrons. The molecule has 3 fully saturated rings. The zero-order valence-electron chi connectivity index (χ0n) is 9.78. The van der Waals surface area contributed by atoms with Crippen LogP contribution in [0.3, 0.4) is 0 Å². The maximum atomic E-state index is 4.30. The predicted molar refractivity (Wildman–Crippen MR) is 66.6 cm³/mol. The number of piperidine rings is 3. The van der Waals surface area contributed by atoms with Gasteiger partial charge < -0.3 is 10.2 Å². The summed E-state index contributed by atoms with van der Waals surface area (Å²) >= 11 is 1.81. The average Bonchev–Trinajstić information content (AvgIpc) is 2.74. The number of fused-ring (bicyclic) bond motifs is 3. The van der Waals surface area contributed by atoms with Gasteiger partial charge in [-0.05, 0) is 38.8 Å². The molecule has 3 nitrogen and oxygen atoms in total. The van der Waals surface area contributed by atoms with Crippen molar-refractivity contribution in [2.45, 2.75) is 32.4 Å². The fourth-order valence-corrected chi connectivity index (χ4v) is 3.66. The van der Waals surface area contributed by atoms with Crippen LogP contribution in [-0.2, 0) is 6.54 Å². The van der Waals surface area contributed by atoms with Crippen molar-refractivity contribution in [2.75, 3.05) is 19.6 Å². The van der Waals surface area contributed by atoms with E-state index in [9.17, 15) is 0 Å². The molecule has 1 N–H and O–H groups in total. The standard InChI is InChI=1S/C12H19N3S/c1-9-13-6-11(16-9)7-14-12-8-15-4-2-10(12)3-5-15/h6,10,12,14H,2-5,7-8H2,1H3. The smallest absolute Gasteiger partial charge is 0.0897 e. The zero-order chi connectivity index (χ0) is 11.0. The minimum absolute atomic E-state index is 0.713. The molecular formula is C12H19N3S. The third-order valence-corrected chi connectivity index (χ3v) is 4.78. The molecule has 0 radical (unpaired) electrons. The third kappa shape index (κ3) is 2.14. The molecule has 0 amide bonds. The highest BCUT2D eigenvalue weighted by molar-refractivity contribution is 7.11. The summed E-state index contributed by atoms with van der Waals surface area (Å²) in [5.74, 6) is 0.916.